The van der Waals surface area contributed by atoms with Gasteiger partial charge in [-0.05, 0) is 31.2 Å². The molecule has 1 saturated heterocycles. The third-order valence-electron chi connectivity index (χ3n) is 4.77. The number of carbonyl (C=O) groups excluding carboxylic acids is 1. The summed E-state index contributed by atoms with van der Waals surface area (Å²) in [4.78, 5) is 15.1. The van der Waals surface area contributed by atoms with Crippen molar-refractivity contribution in [2.45, 2.75) is 58.2 Å². The molecule has 3 nitrogen and oxygen atoms in total. The van der Waals surface area contributed by atoms with E-state index in [-0.39, 0.29) is 11.7 Å². The largest absolute Gasteiger partial charge is 0.321 e. The van der Waals surface area contributed by atoms with Gasteiger partial charge in [-0.25, -0.2) is 0 Å². The van der Waals surface area contributed by atoms with E-state index in [9.17, 15) is 4.79 Å². The number of nitrogens with zero attached hydrogens (tertiary/aromatic N) is 1. The Morgan fingerprint density at radius 2 is 2.05 bits per heavy atom. The second-order valence-electron chi connectivity index (χ2n) is 7.10. The zero-order chi connectivity index (χ0) is 15.0. The average Bonchev–Trinajstić information content (AvgIpc) is 3.00. The van der Waals surface area contributed by atoms with Crippen LogP contribution >= 0.6 is 0 Å². The Morgan fingerprint density at radius 1 is 1.33 bits per heavy atom. The molecule has 1 spiro atoms. The van der Waals surface area contributed by atoms with Gasteiger partial charge < -0.3 is 4.90 Å². The van der Waals surface area contributed by atoms with Gasteiger partial charge in [-0.15, -0.1) is 0 Å². The highest BCUT2D eigenvalue weighted by Gasteiger charge is 2.52. The minimum absolute atomic E-state index is 0.0397. The Hall–Kier alpha value is -1.35. The molecule has 2 aliphatic rings. The molecule has 2 fully saturated rings. The Balaban J connectivity index is 1.94. The number of hydrogen-bond acceptors (Lipinski definition) is 2. The molecule has 1 heterocycles. The highest BCUT2D eigenvalue weighted by atomic mass is 16.2. The molecule has 0 aromatic heterocycles. The zero-order valence-electron chi connectivity index (χ0n) is 13.4. The van der Waals surface area contributed by atoms with Gasteiger partial charge in [-0.1, -0.05) is 56.5 Å². The van der Waals surface area contributed by atoms with Crippen LogP contribution in [-0.2, 0) is 4.79 Å². The standard InChI is InChI=1S/C18H26N2O/c1-13(2)12-20-16(15-8-6-7-14(3)11-15)19-18(17(20)21)9-4-5-10-18/h6-8,11,13,16,19H,4-5,9-10,12H2,1-3H3. The predicted octanol–water partition coefficient (Wildman–Crippen LogP) is 3.39. The molecule has 1 aliphatic heterocycles. The van der Waals surface area contributed by atoms with E-state index >= 15 is 0 Å². The van der Waals surface area contributed by atoms with Crippen molar-refractivity contribution in [2.75, 3.05) is 6.54 Å². The molecule has 21 heavy (non-hydrogen) atoms. The summed E-state index contributed by atoms with van der Waals surface area (Å²) >= 11 is 0. The lowest BCUT2D eigenvalue weighted by Crippen LogP contribution is -2.44. The van der Waals surface area contributed by atoms with Crippen molar-refractivity contribution in [1.29, 1.82) is 0 Å². The quantitative estimate of drug-likeness (QED) is 0.923. The van der Waals surface area contributed by atoms with Gasteiger partial charge in [0.15, 0.2) is 0 Å². The number of aryl methyl sites for hydroxylation is 1. The van der Waals surface area contributed by atoms with Crippen LogP contribution in [-0.4, -0.2) is 22.9 Å². The minimum Gasteiger partial charge on any atom is -0.321 e. The topological polar surface area (TPSA) is 32.3 Å². The Labute approximate surface area is 127 Å². The maximum absolute atomic E-state index is 13.0. The van der Waals surface area contributed by atoms with Crippen LogP contribution in [0.4, 0.5) is 0 Å². The summed E-state index contributed by atoms with van der Waals surface area (Å²) in [5, 5.41) is 3.69. The Bertz CT molecular complexity index is 532. The van der Waals surface area contributed by atoms with Gasteiger partial charge in [0, 0.05) is 6.54 Å². The van der Waals surface area contributed by atoms with Crippen molar-refractivity contribution >= 4 is 5.91 Å². The molecule has 1 saturated carbocycles. The van der Waals surface area contributed by atoms with Crippen molar-refractivity contribution in [1.82, 2.24) is 10.2 Å². The van der Waals surface area contributed by atoms with Crippen LogP contribution in [0.15, 0.2) is 24.3 Å². The number of benzene rings is 1. The third-order valence-corrected chi connectivity index (χ3v) is 4.77. The lowest BCUT2D eigenvalue weighted by Gasteiger charge is -2.26. The van der Waals surface area contributed by atoms with Gasteiger partial charge in [0.05, 0.1) is 5.54 Å². The Morgan fingerprint density at radius 3 is 2.67 bits per heavy atom. The normalized spacial score (nSPS) is 24.5. The van der Waals surface area contributed by atoms with Crippen LogP contribution in [0.5, 0.6) is 0 Å². The highest BCUT2D eigenvalue weighted by molar-refractivity contribution is 5.89. The number of hydrogen-bond donors (Lipinski definition) is 1. The molecule has 1 amide bonds. The minimum atomic E-state index is -0.288. The van der Waals surface area contributed by atoms with E-state index in [1.54, 1.807) is 0 Å². The van der Waals surface area contributed by atoms with Crippen molar-refractivity contribution < 1.29 is 4.79 Å². The molecule has 0 radical (unpaired) electrons. The van der Waals surface area contributed by atoms with Crippen molar-refractivity contribution in [3.05, 3.63) is 35.4 Å². The summed E-state index contributed by atoms with van der Waals surface area (Å²) in [6, 6.07) is 8.54. The maximum Gasteiger partial charge on any atom is 0.244 e. The summed E-state index contributed by atoms with van der Waals surface area (Å²) in [6.07, 6.45) is 4.34. The van der Waals surface area contributed by atoms with Crippen molar-refractivity contribution in [3.8, 4) is 0 Å². The summed E-state index contributed by atoms with van der Waals surface area (Å²) in [5.41, 5.74) is 2.18. The number of rotatable bonds is 3. The number of nitrogens with one attached hydrogen (secondary N) is 1. The van der Waals surface area contributed by atoms with E-state index in [1.165, 1.54) is 11.1 Å². The highest BCUT2D eigenvalue weighted by Crippen LogP contribution is 2.41. The molecule has 1 N–H and O–H groups in total. The smallest absolute Gasteiger partial charge is 0.244 e. The van der Waals surface area contributed by atoms with E-state index < -0.39 is 0 Å². The third kappa shape index (κ3) is 2.59. The first-order valence-electron chi connectivity index (χ1n) is 8.17. The van der Waals surface area contributed by atoms with Gasteiger partial charge in [0.2, 0.25) is 5.91 Å². The van der Waals surface area contributed by atoms with E-state index in [4.69, 9.17) is 0 Å². The molecule has 114 valence electrons. The Kier molecular flexibility index (Phi) is 3.78. The molecule has 1 atom stereocenters. The van der Waals surface area contributed by atoms with Gasteiger partial charge >= 0.3 is 0 Å². The first-order valence-corrected chi connectivity index (χ1v) is 8.17. The van der Waals surface area contributed by atoms with Gasteiger partial charge in [-0.3, -0.25) is 10.1 Å². The van der Waals surface area contributed by atoms with Crippen LogP contribution in [0.3, 0.4) is 0 Å². The lowest BCUT2D eigenvalue weighted by molar-refractivity contribution is -0.133. The molecule has 1 aromatic carbocycles. The van der Waals surface area contributed by atoms with Crippen molar-refractivity contribution in [3.63, 3.8) is 0 Å². The van der Waals surface area contributed by atoms with E-state index in [1.807, 2.05) is 0 Å². The van der Waals surface area contributed by atoms with Crippen LogP contribution in [0.25, 0.3) is 0 Å². The molecule has 1 aromatic rings. The van der Waals surface area contributed by atoms with Crippen LogP contribution in [0.2, 0.25) is 0 Å². The molecular weight excluding hydrogens is 260 g/mol. The average molecular weight is 286 g/mol. The molecule has 3 rings (SSSR count). The zero-order valence-corrected chi connectivity index (χ0v) is 13.4. The first-order chi connectivity index (χ1) is 10.0. The molecular formula is C18H26N2O. The number of amides is 1. The first kappa shape index (κ1) is 14.6. The lowest BCUT2D eigenvalue weighted by atomic mass is 9.98. The molecule has 1 aliphatic carbocycles. The van der Waals surface area contributed by atoms with Gasteiger partial charge in [-0.2, -0.15) is 0 Å². The SMILES string of the molecule is Cc1cccc(C2NC3(CCCC3)C(=O)N2CC(C)C)c1. The predicted molar refractivity (Wildman–Crippen MR) is 84.8 cm³/mol. The van der Waals surface area contributed by atoms with Crippen LogP contribution < -0.4 is 5.32 Å². The fourth-order valence-electron chi connectivity index (χ4n) is 3.82. The summed E-state index contributed by atoms with van der Waals surface area (Å²) in [6.45, 7) is 7.30. The van der Waals surface area contributed by atoms with E-state index in [0.717, 1.165) is 32.2 Å². The fraction of sp³-hybridized carbons (Fsp3) is 0.611. The van der Waals surface area contributed by atoms with Crippen LogP contribution in [0, 0.1) is 12.8 Å². The van der Waals surface area contributed by atoms with Crippen LogP contribution in [0.1, 0.15) is 56.8 Å². The van der Waals surface area contributed by atoms with Gasteiger partial charge in [0.1, 0.15) is 6.17 Å². The summed E-state index contributed by atoms with van der Waals surface area (Å²) in [5.74, 6) is 0.805. The maximum atomic E-state index is 13.0. The molecule has 3 heteroatoms. The molecule has 1 unspecified atom stereocenters. The monoisotopic (exact) mass is 286 g/mol. The number of carbonyl (C=O) groups is 1. The summed E-state index contributed by atoms with van der Waals surface area (Å²) in [7, 11) is 0. The van der Waals surface area contributed by atoms with Crippen molar-refractivity contribution in [2.24, 2.45) is 5.92 Å². The molecule has 0 bridgehead atoms. The second-order valence-corrected chi connectivity index (χ2v) is 7.10. The van der Waals surface area contributed by atoms with E-state index in [0.29, 0.717) is 11.8 Å². The summed E-state index contributed by atoms with van der Waals surface area (Å²) < 4.78 is 0. The van der Waals surface area contributed by atoms with E-state index in [2.05, 4.69) is 55.3 Å². The van der Waals surface area contributed by atoms with Gasteiger partial charge in [0.25, 0.3) is 0 Å². The second kappa shape index (κ2) is 5.45. The fourth-order valence-corrected chi connectivity index (χ4v) is 3.82.